The molecule has 2 aromatic rings. The van der Waals surface area contributed by atoms with E-state index in [0.717, 1.165) is 21.7 Å². The first-order valence-electron chi connectivity index (χ1n) is 5.62. The number of benzene rings is 1. The van der Waals surface area contributed by atoms with Gasteiger partial charge in [-0.05, 0) is 35.7 Å². The number of nitrogens with zero attached hydrogens (tertiary/aromatic N) is 1. The van der Waals surface area contributed by atoms with Crippen molar-refractivity contribution in [3.05, 3.63) is 58.4 Å². The molecule has 4 heteroatoms. The molecule has 0 radical (unpaired) electrons. The molecule has 0 saturated heterocycles. The first-order chi connectivity index (χ1) is 8.61. The molecule has 0 aliphatic rings. The van der Waals surface area contributed by atoms with Crippen molar-refractivity contribution in [2.75, 3.05) is 7.11 Å². The normalized spacial score (nSPS) is 12.2. The molecule has 1 heterocycles. The Morgan fingerprint density at radius 3 is 2.67 bits per heavy atom. The van der Waals surface area contributed by atoms with Crippen molar-refractivity contribution in [3.8, 4) is 5.75 Å². The van der Waals surface area contributed by atoms with Gasteiger partial charge >= 0.3 is 0 Å². The summed E-state index contributed by atoms with van der Waals surface area (Å²) in [5.74, 6) is 0.696. The quantitative estimate of drug-likeness (QED) is 0.925. The Labute approximate surface area is 112 Å². The number of rotatable bonds is 3. The lowest BCUT2D eigenvalue weighted by Crippen LogP contribution is -2.12. The summed E-state index contributed by atoms with van der Waals surface area (Å²) >= 11 is 6.11. The van der Waals surface area contributed by atoms with Crippen molar-refractivity contribution in [1.82, 2.24) is 4.98 Å². The molecule has 3 nitrogen and oxygen atoms in total. The number of aromatic nitrogens is 1. The number of ether oxygens (including phenoxy) is 1. The van der Waals surface area contributed by atoms with E-state index < -0.39 is 0 Å². The third-order valence-corrected chi connectivity index (χ3v) is 3.29. The lowest BCUT2D eigenvalue weighted by atomic mass is 10.00. The van der Waals surface area contributed by atoms with Gasteiger partial charge in [-0.3, -0.25) is 4.98 Å². The predicted octanol–water partition coefficient (Wildman–Crippen LogP) is 3.10. The largest absolute Gasteiger partial charge is 0.495 e. The highest BCUT2D eigenvalue weighted by molar-refractivity contribution is 6.31. The van der Waals surface area contributed by atoms with E-state index in [1.165, 1.54) is 0 Å². The highest BCUT2D eigenvalue weighted by atomic mass is 35.5. The second-order valence-electron chi connectivity index (χ2n) is 4.14. The van der Waals surface area contributed by atoms with E-state index in [-0.39, 0.29) is 6.04 Å². The molecule has 18 heavy (non-hydrogen) atoms. The monoisotopic (exact) mass is 262 g/mol. The summed E-state index contributed by atoms with van der Waals surface area (Å²) in [5, 5.41) is 0.721. The highest BCUT2D eigenvalue weighted by Gasteiger charge is 2.11. The summed E-state index contributed by atoms with van der Waals surface area (Å²) in [6.45, 7) is 1.96. The highest BCUT2D eigenvalue weighted by Crippen LogP contribution is 2.25. The lowest BCUT2D eigenvalue weighted by molar-refractivity contribution is 0.412. The maximum absolute atomic E-state index is 6.20. The van der Waals surface area contributed by atoms with Crippen LogP contribution in [-0.2, 0) is 0 Å². The fourth-order valence-corrected chi connectivity index (χ4v) is 1.90. The average molecular weight is 263 g/mol. The van der Waals surface area contributed by atoms with Gasteiger partial charge < -0.3 is 10.5 Å². The molecule has 0 saturated carbocycles. The van der Waals surface area contributed by atoms with E-state index in [0.29, 0.717) is 5.75 Å². The van der Waals surface area contributed by atoms with Crippen LogP contribution in [0.4, 0.5) is 0 Å². The number of halogens is 1. The van der Waals surface area contributed by atoms with E-state index in [1.54, 1.807) is 19.5 Å². The Morgan fingerprint density at radius 2 is 2.00 bits per heavy atom. The number of hydrogen-bond donors (Lipinski definition) is 1. The van der Waals surface area contributed by atoms with E-state index in [1.807, 2.05) is 31.2 Å². The molecule has 1 aromatic heterocycles. The van der Waals surface area contributed by atoms with Gasteiger partial charge in [0.25, 0.3) is 0 Å². The summed E-state index contributed by atoms with van der Waals surface area (Å²) in [7, 11) is 1.61. The smallest absolute Gasteiger partial charge is 0.137 e. The van der Waals surface area contributed by atoms with Gasteiger partial charge in [-0.2, -0.15) is 0 Å². The van der Waals surface area contributed by atoms with Gasteiger partial charge in [-0.15, -0.1) is 0 Å². The molecule has 2 N–H and O–H groups in total. The third kappa shape index (κ3) is 2.63. The van der Waals surface area contributed by atoms with Crippen molar-refractivity contribution < 1.29 is 4.74 Å². The van der Waals surface area contributed by atoms with E-state index >= 15 is 0 Å². The Kier molecular flexibility index (Phi) is 3.84. The van der Waals surface area contributed by atoms with Crippen LogP contribution in [-0.4, -0.2) is 12.1 Å². The van der Waals surface area contributed by atoms with Crippen molar-refractivity contribution >= 4 is 11.6 Å². The van der Waals surface area contributed by atoms with Crippen molar-refractivity contribution in [1.29, 1.82) is 0 Å². The summed E-state index contributed by atoms with van der Waals surface area (Å²) in [5.41, 5.74) is 9.10. The topological polar surface area (TPSA) is 48.1 Å². The number of aryl methyl sites for hydroxylation is 1. The SMILES string of the molecule is COc1cncc(C(N)c2ccc(C)c(Cl)c2)c1. The van der Waals surface area contributed by atoms with Crippen LogP contribution in [0.15, 0.2) is 36.7 Å². The summed E-state index contributed by atoms with van der Waals surface area (Å²) in [6.07, 6.45) is 3.39. The first kappa shape index (κ1) is 12.9. The Hall–Kier alpha value is -1.58. The summed E-state index contributed by atoms with van der Waals surface area (Å²) in [4.78, 5) is 4.10. The maximum Gasteiger partial charge on any atom is 0.137 e. The Morgan fingerprint density at radius 1 is 1.22 bits per heavy atom. The number of methoxy groups -OCH3 is 1. The minimum atomic E-state index is -0.259. The van der Waals surface area contributed by atoms with Crippen LogP contribution in [0.1, 0.15) is 22.7 Å². The van der Waals surface area contributed by atoms with E-state index in [2.05, 4.69) is 4.98 Å². The Bertz CT molecular complexity index is 557. The zero-order chi connectivity index (χ0) is 13.1. The standard InChI is InChI=1S/C14H15ClN2O/c1-9-3-4-10(6-13(9)15)14(16)11-5-12(18-2)8-17-7-11/h3-8,14H,16H2,1-2H3. The van der Waals surface area contributed by atoms with Crippen LogP contribution in [0, 0.1) is 6.92 Å². The zero-order valence-electron chi connectivity index (χ0n) is 10.4. The molecule has 1 atom stereocenters. The van der Waals surface area contributed by atoms with E-state index in [4.69, 9.17) is 22.1 Å². The average Bonchev–Trinajstić information content (AvgIpc) is 2.41. The molecule has 0 aliphatic heterocycles. The predicted molar refractivity (Wildman–Crippen MR) is 73.0 cm³/mol. The van der Waals surface area contributed by atoms with Gasteiger partial charge in [0.05, 0.1) is 19.3 Å². The molecule has 1 aromatic carbocycles. The molecule has 94 valence electrons. The van der Waals surface area contributed by atoms with Crippen molar-refractivity contribution in [2.45, 2.75) is 13.0 Å². The third-order valence-electron chi connectivity index (χ3n) is 2.88. The number of nitrogens with two attached hydrogens (primary N) is 1. The minimum absolute atomic E-state index is 0.259. The van der Waals surface area contributed by atoms with Crippen molar-refractivity contribution in [3.63, 3.8) is 0 Å². The summed E-state index contributed by atoms with van der Waals surface area (Å²) in [6, 6.07) is 7.45. The molecule has 0 spiro atoms. The van der Waals surface area contributed by atoms with E-state index in [9.17, 15) is 0 Å². The van der Waals surface area contributed by atoms with Gasteiger partial charge in [0.2, 0.25) is 0 Å². The van der Waals surface area contributed by atoms with Crippen LogP contribution in [0.25, 0.3) is 0 Å². The van der Waals surface area contributed by atoms with Crippen LogP contribution in [0.3, 0.4) is 0 Å². The molecule has 2 rings (SSSR count). The molecular formula is C14H15ClN2O. The second-order valence-corrected chi connectivity index (χ2v) is 4.55. The van der Waals surface area contributed by atoms with Gasteiger partial charge in [-0.1, -0.05) is 23.7 Å². The van der Waals surface area contributed by atoms with Gasteiger partial charge in [0.1, 0.15) is 5.75 Å². The molecule has 0 amide bonds. The molecule has 0 fully saturated rings. The molecule has 0 bridgehead atoms. The maximum atomic E-state index is 6.20. The first-order valence-corrected chi connectivity index (χ1v) is 6.00. The van der Waals surface area contributed by atoms with Crippen LogP contribution >= 0.6 is 11.6 Å². The number of pyridine rings is 1. The minimum Gasteiger partial charge on any atom is -0.495 e. The van der Waals surface area contributed by atoms with Gasteiger partial charge in [0.15, 0.2) is 0 Å². The second kappa shape index (κ2) is 5.38. The fourth-order valence-electron chi connectivity index (χ4n) is 1.71. The molecule has 0 aliphatic carbocycles. The molecular weight excluding hydrogens is 248 g/mol. The number of hydrogen-bond acceptors (Lipinski definition) is 3. The van der Waals surface area contributed by atoms with Crippen LogP contribution in [0.2, 0.25) is 5.02 Å². The van der Waals surface area contributed by atoms with Crippen LogP contribution < -0.4 is 10.5 Å². The summed E-state index contributed by atoms with van der Waals surface area (Å²) < 4.78 is 5.14. The zero-order valence-corrected chi connectivity index (χ0v) is 11.1. The van der Waals surface area contributed by atoms with Gasteiger partial charge in [-0.25, -0.2) is 0 Å². The Balaban J connectivity index is 2.34. The van der Waals surface area contributed by atoms with Crippen LogP contribution in [0.5, 0.6) is 5.75 Å². The van der Waals surface area contributed by atoms with Gasteiger partial charge in [0, 0.05) is 11.2 Å². The lowest BCUT2D eigenvalue weighted by Gasteiger charge is -2.14. The van der Waals surface area contributed by atoms with Crippen molar-refractivity contribution in [2.24, 2.45) is 5.73 Å². The molecule has 1 unspecified atom stereocenters. The fraction of sp³-hybridized carbons (Fsp3) is 0.214.